The minimum atomic E-state index is -0.205. The topological polar surface area (TPSA) is 50.2 Å². The molecule has 0 fully saturated rings. The maximum atomic E-state index is 5.27. The van der Waals surface area contributed by atoms with Crippen molar-refractivity contribution in [1.29, 1.82) is 0 Å². The summed E-state index contributed by atoms with van der Waals surface area (Å²) in [4.78, 5) is 15.4. The van der Waals surface area contributed by atoms with E-state index in [1.807, 2.05) is 24.3 Å². The van der Waals surface area contributed by atoms with E-state index < -0.39 is 0 Å². The third-order valence-corrected chi connectivity index (χ3v) is 9.35. The van der Waals surface area contributed by atoms with Crippen LogP contribution in [0.15, 0.2) is 187 Å². The van der Waals surface area contributed by atoms with Crippen LogP contribution in [0.3, 0.4) is 0 Å². The fourth-order valence-electron chi connectivity index (χ4n) is 6.72. The molecule has 2 heterocycles. The van der Waals surface area contributed by atoms with Gasteiger partial charge in [-0.05, 0) is 39.9 Å². The molecule has 50 heavy (non-hydrogen) atoms. The fourth-order valence-corrected chi connectivity index (χ4v) is 6.72. The number of hydrogen-bond donors (Lipinski definition) is 1. The summed E-state index contributed by atoms with van der Waals surface area (Å²) in [5.74, 6) is 0.696. The van der Waals surface area contributed by atoms with Crippen LogP contribution in [0.5, 0.6) is 0 Å². The average molecular weight is 641 g/mol. The molecule has 1 atom stereocenters. The molecule has 0 aliphatic carbocycles. The van der Waals surface area contributed by atoms with Gasteiger partial charge in [-0.25, -0.2) is 9.97 Å². The lowest BCUT2D eigenvalue weighted by molar-refractivity contribution is 0.828. The lowest BCUT2D eigenvalue weighted by Gasteiger charge is -2.26. The lowest BCUT2D eigenvalue weighted by atomic mass is 9.96. The molecule has 0 saturated heterocycles. The minimum absolute atomic E-state index is 0.205. The summed E-state index contributed by atoms with van der Waals surface area (Å²) in [6.07, 6.45) is -0.205. The number of anilines is 1. The Labute approximate surface area is 291 Å². The van der Waals surface area contributed by atoms with Crippen molar-refractivity contribution >= 4 is 22.3 Å². The van der Waals surface area contributed by atoms with E-state index in [0.717, 1.165) is 55.8 Å². The number of nitrogens with zero attached hydrogens (tertiary/aromatic N) is 3. The number of hydrogen-bond acceptors (Lipinski definition) is 4. The Hall–Kier alpha value is -6.65. The monoisotopic (exact) mass is 640 g/mol. The van der Waals surface area contributed by atoms with Crippen molar-refractivity contribution in [3.05, 3.63) is 199 Å². The van der Waals surface area contributed by atoms with E-state index in [-0.39, 0.29) is 6.17 Å². The first-order chi connectivity index (χ1) is 24.8. The van der Waals surface area contributed by atoms with Gasteiger partial charge in [-0.15, -0.1) is 0 Å². The number of rotatable bonds is 6. The van der Waals surface area contributed by atoms with Crippen LogP contribution in [0.25, 0.3) is 55.8 Å². The number of aliphatic imine (C=N–C) groups is 1. The second kappa shape index (κ2) is 12.8. The number of para-hydroxylation sites is 2. The molecular formula is C46H32N4. The maximum absolute atomic E-state index is 5.27. The SMILES string of the molecule is c1ccc(-c2ccc(-c3nc(-c4ccc(C5=NC(c6ccc(-c7ccccc7)cc6)Nc6ccccc65)cc4)nc4ccccc34)cc2)cc1. The predicted octanol–water partition coefficient (Wildman–Crippen LogP) is 11.3. The zero-order chi connectivity index (χ0) is 33.3. The number of aromatic nitrogens is 2. The Balaban J connectivity index is 1.06. The summed E-state index contributed by atoms with van der Waals surface area (Å²) in [5, 5.41) is 4.68. The van der Waals surface area contributed by atoms with E-state index in [2.05, 4.69) is 163 Å². The van der Waals surface area contributed by atoms with Gasteiger partial charge in [0, 0.05) is 33.3 Å². The third kappa shape index (κ3) is 5.63. The Morgan fingerprint density at radius 2 is 0.920 bits per heavy atom. The van der Waals surface area contributed by atoms with Crippen LogP contribution < -0.4 is 5.32 Å². The number of fused-ring (bicyclic) bond motifs is 2. The van der Waals surface area contributed by atoms with E-state index in [1.165, 1.54) is 22.3 Å². The zero-order valence-electron chi connectivity index (χ0n) is 27.2. The van der Waals surface area contributed by atoms with Gasteiger partial charge >= 0.3 is 0 Å². The van der Waals surface area contributed by atoms with Gasteiger partial charge in [0.25, 0.3) is 0 Å². The van der Waals surface area contributed by atoms with E-state index in [0.29, 0.717) is 5.82 Å². The number of benzene rings is 7. The minimum Gasteiger partial charge on any atom is -0.360 e. The van der Waals surface area contributed by atoms with Gasteiger partial charge in [0.05, 0.1) is 16.9 Å². The standard InChI is InChI=1S/C46H32N4/c1-3-11-31(12-4-1)33-19-23-35(24-20-33)43-39-15-7-9-17-41(39)48-46(49-43)38-29-25-36(26-30-38)44-40-16-8-10-18-42(40)47-45(50-44)37-27-21-34(22-28-37)32-13-5-2-6-14-32/h1-30,45,47H. The van der Waals surface area contributed by atoms with Crippen molar-refractivity contribution in [2.75, 3.05) is 5.32 Å². The summed E-state index contributed by atoms with van der Waals surface area (Å²) in [5.41, 5.74) is 13.9. The summed E-state index contributed by atoms with van der Waals surface area (Å²) in [6, 6.07) is 63.3. The Bertz CT molecular complexity index is 2470. The van der Waals surface area contributed by atoms with E-state index in [1.54, 1.807) is 0 Å². The molecule has 4 nitrogen and oxygen atoms in total. The molecule has 1 unspecified atom stereocenters. The van der Waals surface area contributed by atoms with Crippen molar-refractivity contribution in [3.8, 4) is 44.9 Å². The van der Waals surface area contributed by atoms with Crippen LogP contribution in [-0.2, 0) is 0 Å². The molecule has 1 aromatic heterocycles. The summed E-state index contributed by atoms with van der Waals surface area (Å²) in [6.45, 7) is 0. The van der Waals surface area contributed by atoms with Gasteiger partial charge in [0.15, 0.2) is 5.82 Å². The van der Waals surface area contributed by atoms with Crippen LogP contribution in [0, 0.1) is 0 Å². The van der Waals surface area contributed by atoms with Gasteiger partial charge < -0.3 is 5.32 Å². The first-order valence-electron chi connectivity index (χ1n) is 16.9. The van der Waals surface area contributed by atoms with E-state index >= 15 is 0 Å². The predicted molar refractivity (Wildman–Crippen MR) is 206 cm³/mol. The maximum Gasteiger partial charge on any atom is 0.160 e. The van der Waals surface area contributed by atoms with Gasteiger partial charge in [-0.2, -0.15) is 0 Å². The molecule has 1 aliphatic rings. The summed E-state index contributed by atoms with van der Waals surface area (Å²) in [7, 11) is 0. The van der Waals surface area contributed by atoms with Crippen molar-refractivity contribution in [1.82, 2.24) is 9.97 Å². The van der Waals surface area contributed by atoms with Crippen LogP contribution in [0.4, 0.5) is 5.69 Å². The van der Waals surface area contributed by atoms with Gasteiger partial charge in [-0.3, -0.25) is 4.99 Å². The molecule has 0 amide bonds. The highest BCUT2D eigenvalue weighted by molar-refractivity contribution is 6.17. The molecule has 0 saturated carbocycles. The fraction of sp³-hybridized carbons (Fsp3) is 0.0217. The average Bonchev–Trinajstić information content (AvgIpc) is 3.21. The molecule has 1 N–H and O–H groups in total. The highest BCUT2D eigenvalue weighted by Crippen LogP contribution is 2.35. The highest BCUT2D eigenvalue weighted by atomic mass is 15.1. The number of nitrogens with one attached hydrogen (secondary N) is 1. The van der Waals surface area contributed by atoms with Crippen molar-refractivity contribution in [2.45, 2.75) is 6.17 Å². The second-order valence-corrected chi connectivity index (χ2v) is 12.5. The Morgan fingerprint density at radius 1 is 0.400 bits per heavy atom. The second-order valence-electron chi connectivity index (χ2n) is 12.5. The quantitative estimate of drug-likeness (QED) is 0.197. The van der Waals surface area contributed by atoms with Crippen LogP contribution in [-0.4, -0.2) is 15.7 Å². The van der Waals surface area contributed by atoms with E-state index in [9.17, 15) is 0 Å². The molecule has 1 aliphatic heterocycles. The van der Waals surface area contributed by atoms with Gasteiger partial charge in [0.1, 0.15) is 6.17 Å². The van der Waals surface area contributed by atoms with E-state index in [4.69, 9.17) is 15.0 Å². The molecule has 7 aromatic carbocycles. The normalized spacial score (nSPS) is 13.7. The highest BCUT2D eigenvalue weighted by Gasteiger charge is 2.23. The van der Waals surface area contributed by atoms with Crippen LogP contribution in [0.1, 0.15) is 22.9 Å². The van der Waals surface area contributed by atoms with Gasteiger partial charge in [0.2, 0.25) is 0 Å². The zero-order valence-corrected chi connectivity index (χ0v) is 27.2. The van der Waals surface area contributed by atoms with Crippen molar-refractivity contribution in [3.63, 3.8) is 0 Å². The first-order valence-corrected chi connectivity index (χ1v) is 16.9. The molecule has 9 rings (SSSR count). The lowest BCUT2D eigenvalue weighted by Crippen LogP contribution is -2.20. The van der Waals surface area contributed by atoms with Gasteiger partial charge in [-0.1, -0.05) is 170 Å². The molecule has 4 heteroatoms. The third-order valence-electron chi connectivity index (χ3n) is 9.35. The molecule has 8 aromatic rings. The molecule has 0 spiro atoms. The van der Waals surface area contributed by atoms with Crippen LogP contribution >= 0.6 is 0 Å². The smallest absolute Gasteiger partial charge is 0.160 e. The summed E-state index contributed by atoms with van der Waals surface area (Å²) < 4.78 is 0. The van der Waals surface area contributed by atoms with Crippen molar-refractivity contribution in [2.24, 2.45) is 4.99 Å². The molecule has 0 radical (unpaired) electrons. The van der Waals surface area contributed by atoms with Crippen LogP contribution in [0.2, 0.25) is 0 Å². The van der Waals surface area contributed by atoms with Crippen molar-refractivity contribution < 1.29 is 0 Å². The summed E-state index contributed by atoms with van der Waals surface area (Å²) >= 11 is 0. The molecule has 0 bridgehead atoms. The molecular weight excluding hydrogens is 609 g/mol. The largest absolute Gasteiger partial charge is 0.360 e. The molecule has 236 valence electrons. The Kier molecular flexibility index (Phi) is 7.52. The Morgan fingerprint density at radius 3 is 1.62 bits per heavy atom. The first kappa shape index (κ1) is 29.5.